The van der Waals surface area contributed by atoms with E-state index in [0.717, 1.165) is 12.1 Å². The van der Waals surface area contributed by atoms with Crippen molar-refractivity contribution in [1.29, 1.82) is 0 Å². The van der Waals surface area contributed by atoms with Gasteiger partial charge in [-0.1, -0.05) is 35.3 Å². The zero-order valence-corrected chi connectivity index (χ0v) is 11.8. The standard InChI is InChI=1S/C15H6Cl2F2O2/c16-9-3-1-2-7-4-13(21-15(7)9)14(20)8-5-12(19)10(17)6-11(8)18/h1-6H. The van der Waals surface area contributed by atoms with Crippen molar-refractivity contribution in [2.75, 3.05) is 0 Å². The molecule has 2 aromatic carbocycles. The van der Waals surface area contributed by atoms with Gasteiger partial charge in [0.1, 0.15) is 11.6 Å². The SMILES string of the molecule is O=C(c1cc2cccc(Cl)c2o1)c1cc(F)c(Cl)cc1F. The van der Waals surface area contributed by atoms with E-state index in [1.54, 1.807) is 18.2 Å². The van der Waals surface area contributed by atoms with Crippen LogP contribution < -0.4 is 0 Å². The van der Waals surface area contributed by atoms with Gasteiger partial charge in [0, 0.05) is 5.39 Å². The minimum Gasteiger partial charge on any atom is -0.451 e. The minimum absolute atomic E-state index is 0.126. The molecule has 0 aliphatic rings. The molecule has 0 unspecified atom stereocenters. The second-order valence-corrected chi connectivity index (χ2v) is 5.16. The summed E-state index contributed by atoms with van der Waals surface area (Å²) < 4.78 is 32.5. The molecule has 0 bridgehead atoms. The first-order valence-corrected chi connectivity index (χ1v) is 6.60. The second kappa shape index (κ2) is 5.13. The summed E-state index contributed by atoms with van der Waals surface area (Å²) in [5.74, 6) is -2.71. The monoisotopic (exact) mass is 326 g/mol. The molecule has 0 amide bonds. The van der Waals surface area contributed by atoms with Crippen molar-refractivity contribution in [3.8, 4) is 0 Å². The number of fused-ring (bicyclic) bond motifs is 1. The van der Waals surface area contributed by atoms with Gasteiger partial charge in [-0.05, 0) is 24.3 Å². The minimum atomic E-state index is -0.919. The van der Waals surface area contributed by atoms with Crippen molar-refractivity contribution < 1.29 is 18.0 Å². The van der Waals surface area contributed by atoms with Gasteiger partial charge in [0.15, 0.2) is 11.3 Å². The fourth-order valence-corrected chi connectivity index (χ4v) is 2.34. The Balaban J connectivity index is 2.12. The number of furan rings is 1. The van der Waals surface area contributed by atoms with E-state index in [4.69, 9.17) is 27.6 Å². The molecule has 3 rings (SSSR count). The highest BCUT2D eigenvalue weighted by atomic mass is 35.5. The van der Waals surface area contributed by atoms with Gasteiger partial charge in [0.2, 0.25) is 5.78 Å². The van der Waals surface area contributed by atoms with Gasteiger partial charge < -0.3 is 4.42 Å². The number of halogens is 4. The topological polar surface area (TPSA) is 30.2 Å². The zero-order chi connectivity index (χ0) is 15.1. The van der Waals surface area contributed by atoms with E-state index in [0.29, 0.717) is 16.0 Å². The second-order valence-electron chi connectivity index (χ2n) is 4.34. The zero-order valence-electron chi connectivity index (χ0n) is 10.3. The Labute approximate surface area is 127 Å². The number of hydrogen-bond acceptors (Lipinski definition) is 2. The highest BCUT2D eigenvalue weighted by molar-refractivity contribution is 6.35. The van der Waals surface area contributed by atoms with E-state index in [-0.39, 0.29) is 5.76 Å². The largest absolute Gasteiger partial charge is 0.451 e. The molecule has 0 aliphatic carbocycles. The fraction of sp³-hybridized carbons (Fsp3) is 0. The Morgan fingerprint density at radius 1 is 1.00 bits per heavy atom. The first-order valence-electron chi connectivity index (χ1n) is 5.84. The molecule has 0 aliphatic heterocycles. The molecule has 21 heavy (non-hydrogen) atoms. The Hall–Kier alpha value is -1.91. The van der Waals surface area contributed by atoms with Crippen LogP contribution in [0.25, 0.3) is 11.0 Å². The third-order valence-electron chi connectivity index (χ3n) is 2.97. The lowest BCUT2D eigenvalue weighted by Crippen LogP contribution is -2.04. The van der Waals surface area contributed by atoms with Gasteiger partial charge in [-0.15, -0.1) is 0 Å². The quantitative estimate of drug-likeness (QED) is 0.475. The lowest BCUT2D eigenvalue weighted by molar-refractivity contribution is 0.101. The number of para-hydroxylation sites is 1. The average molecular weight is 327 g/mol. The summed E-state index contributed by atoms with van der Waals surface area (Å²) in [4.78, 5) is 12.2. The average Bonchev–Trinajstić information content (AvgIpc) is 2.87. The van der Waals surface area contributed by atoms with Crippen LogP contribution >= 0.6 is 23.2 Å². The van der Waals surface area contributed by atoms with E-state index in [2.05, 4.69) is 0 Å². The van der Waals surface area contributed by atoms with Gasteiger partial charge in [-0.25, -0.2) is 8.78 Å². The molecule has 0 fully saturated rings. The summed E-state index contributed by atoms with van der Waals surface area (Å²) in [5.41, 5.74) is -0.135. The summed E-state index contributed by atoms with van der Waals surface area (Å²) in [6, 6.07) is 7.91. The van der Waals surface area contributed by atoms with Crippen LogP contribution in [-0.4, -0.2) is 5.78 Å². The van der Waals surface area contributed by atoms with Gasteiger partial charge in [-0.2, -0.15) is 0 Å². The van der Waals surface area contributed by atoms with E-state index in [9.17, 15) is 13.6 Å². The van der Waals surface area contributed by atoms with E-state index in [1.165, 1.54) is 6.07 Å². The van der Waals surface area contributed by atoms with Crippen LogP contribution in [0, 0.1) is 11.6 Å². The van der Waals surface area contributed by atoms with Crippen LogP contribution in [0.2, 0.25) is 10.0 Å². The van der Waals surface area contributed by atoms with E-state index in [1.807, 2.05) is 0 Å². The van der Waals surface area contributed by atoms with E-state index < -0.39 is 28.0 Å². The molecule has 0 atom stereocenters. The maximum atomic E-state index is 13.8. The van der Waals surface area contributed by atoms with Crippen molar-refractivity contribution in [2.45, 2.75) is 0 Å². The summed E-state index contributed by atoms with van der Waals surface area (Å²) in [7, 11) is 0. The van der Waals surface area contributed by atoms with Crippen molar-refractivity contribution in [3.63, 3.8) is 0 Å². The molecular weight excluding hydrogens is 321 g/mol. The molecule has 2 nitrogen and oxygen atoms in total. The molecule has 106 valence electrons. The number of carbonyl (C=O) groups excluding carboxylic acids is 1. The van der Waals surface area contributed by atoms with Gasteiger partial charge >= 0.3 is 0 Å². The highest BCUT2D eigenvalue weighted by Gasteiger charge is 2.21. The summed E-state index contributed by atoms with van der Waals surface area (Å²) in [6.45, 7) is 0. The number of hydrogen-bond donors (Lipinski definition) is 0. The van der Waals surface area contributed by atoms with Crippen LogP contribution in [0.5, 0.6) is 0 Å². The van der Waals surface area contributed by atoms with Crippen LogP contribution in [0.4, 0.5) is 8.78 Å². The van der Waals surface area contributed by atoms with Gasteiger partial charge in [0.25, 0.3) is 0 Å². The Morgan fingerprint density at radius 2 is 1.76 bits per heavy atom. The molecule has 0 radical (unpaired) electrons. The van der Waals surface area contributed by atoms with Crippen LogP contribution in [0.3, 0.4) is 0 Å². The first-order chi connectivity index (χ1) is 9.97. The predicted molar refractivity (Wildman–Crippen MR) is 76.0 cm³/mol. The maximum Gasteiger partial charge on any atom is 0.231 e. The number of carbonyl (C=O) groups is 1. The molecule has 1 heterocycles. The summed E-state index contributed by atoms with van der Waals surface area (Å²) in [6.07, 6.45) is 0. The number of ketones is 1. The van der Waals surface area contributed by atoms with Gasteiger partial charge in [0.05, 0.1) is 15.6 Å². The van der Waals surface area contributed by atoms with Crippen molar-refractivity contribution >= 4 is 40.0 Å². The molecular formula is C15H6Cl2F2O2. The Bertz CT molecular complexity index is 871. The van der Waals surface area contributed by atoms with Crippen molar-refractivity contribution in [1.82, 2.24) is 0 Å². The molecule has 0 saturated carbocycles. The van der Waals surface area contributed by atoms with Crippen molar-refractivity contribution in [3.05, 3.63) is 69.4 Å². The normalized spacial score (nSPS) is 11.0. The molecule has 0 N–H and O–H groups in total. The number of rotatable bonds is 2. The van der Waals surface area contributed by atoms with Crippen LogP contribution in [0.15, 0.2) is 40.8 Å². The lowest BCUT2D eigenvalue weighted by Gasteiger charge is -2.01. The first kappa shape index (κ1) is 14.0. The predicted octanol–water partition coefficient (Wildman–Crippen LogP) is 5.25. The van der Waals surface area contributed by atoms with Crippen LogP contribution in [0.1, 0.15) is 16.1 Å². The molecule has 0 spiro atoms. The van der Waals surface area contributed by atoms with Crippen molar-refractivity contribution in [2.24, 2.45) is 0 Å². The molecule has 0 saturated heterocycles. The number of benzene rings is 2. The lowest BCUT2D eigenvalue weighted by atomic mass is 10.1. The third-order valence-corrected chi connectivity index (χ3v) is 3.56. The molecule has 1 aromatic heterocycles. The smallest absolute Gasteiger partial charge is 0.231 e. The molecule has 6 heteroatoms. The van der Waals surface area contributed by atoms with E-state index >= 15 is 0 Å². The maximum absolute atomic E-state index is 13.8. The highest BCUT2D eigenvalue weighted by Crippen LogP contribution is 2.29. The van der Waals surface area contributed by atoms with Gasteiger partial charge in [-0.3, -0.25) is 4.79 Å². The summed E-state index contributed by atoms with van der Waals surface area (Å²) >= 11 is 11.4. The Kier molecular flexibility index (Phi) is 3.43. The third kappa shape index (κ3) is 2.41. The van der Waals surface area contributed by atoms with Crippen LogP contribution in [-0.2, 0) is 0 Å². The fourth-order valence-electron chi connectivity index (χ4n) is 1.97. The Morgan fingerprint density at radius 3 is 2.48 bits per heavy atom. The summed E-state index contributed by atoms with van der Waals surface area (Å²) in [5, 5.41) is 0.534. The molecule has 3 aromatic rings.